The van der Waals surface area contributed by atoms with E-state index in [1.807, 2.05) is 4.90 Å². The van der Waals surface area contributed by atoms with Crippen LogP contribution in [0, 0.1) is 0 Å². The highest BCUT2D eigenvalue weighted by molar-refractivity contribution is 7.93. The third-order valence-electron chi connectivity index (χ3n) is 5.85. The highest BCUT2D eigenvalue weighted by atomic mass is 35.5. The van der Waals surface area contributed by atoms with Crippen molar-refractivity contribution < 1.29 is 41.1 Å². The number of piperidine rings is 1. The van der Waals surface area contributed by atoms with Gasteiger partial charge in [-0.15, -0.1) is 25.6 Å². The zero-order valence-corrected chi connectivity index (χ0v) is 20.9. The summed E-state index contributed by atoms with van der Waals surface area (Å²) in [6.45, 7) is 1.74. The van der Waals surface area contributed by atoms with Gasteiger partial charge in [0.2, 0.25) is 0 Å². The highest BCUT2D eigenvalue weighted by Gasteiger charge is 2.52. The van der Waals surface area contributed by atoms with E-state index in [4.69, 9.17) is 4.74 Å². The number of hydrogen-bond donors (Lipinski definition) is 3. The first-order valence-corrected chi connectivity index (χ1v) is 12.1. The van der Waals surface area contributed by atoms with Crippen molar-refractivity contribution in [3.63, 3.8) is 0 Å². The fourth-order valence-corrected chi connectivity index (χ4v) is 5.88. The molecule has 0 bridgehead atoms. The first-order valence-electron chi connectivity index (χ1n) is 10.6. The lowest BCUT2D eigenvalue weighted by Gasteiger charge is -2.39. The number of nitrogens with zero attached hydrogens (tertiary/aromatic N) is 1. The van der Waals surface area contributed by atoms with Crippen LogP contribution in [-0.4, -0.2) is 68.9 Å². The molecule has 200 valence electrons. The van der Waals surface area contributed by atoms with Gasteiger partial charge in [-0.05, 0) is 61.4 Å². The molecule has 0 spiro atoms. The Morgan fingerprint density at radius 3 is 2.06 bits per heavy atom. The SMILES string of the molecule is COCCN1CCC(C(=O)NO)(S(=O)(=O)c2ccc(Nc3ccc(OC(F)(F)F)cc3)cc2)CC1.Cl. The van der Waals surface area contributed by atoms with Gasteiger partial charge in [-0.3, -0.25) is 10.0 Å². The maximum Gasteiger partial charge on any atom is 0.573 e. The molecule has 36 heavy (non-hydrogen) atoms. The quantitative estimate of drug-likeness (QED) is 0.319. The largest absolute Gasteiger partial charge is 0.573 e. The molecule has 0 unspecified atom stereocenters. The Kier molecular flexibility index (Phi) is 9.97. The summed E-state index contributed by atoms with van der Waals surface area (Å²) in [5, 5.41) is 12.2. The molecule has 0 saturated carbocycles. The van der Waals surface area contributed by atoms with Crippen molar-refractivity contribution in [2.75, 3.05) is 38.7 Å². The van der Waals surface area contributed by atoms with Gasteiger partial charge in [-0.25, -0.2) is 13.9 Å². The Balaban J connectivity index is 0.00000456. The van der Waals surface area contributed by atoms with Crippen LogP contribution >= 0.6 is 12.4 Å². The number of halogens is 4. The number of ether oxygens (including phenoxy) is 2. The van der Waals surface area contributed by atoms with Crippen LogP contribution in [0.25, 0.3) is 0 Å². The molecule has 9 nitrogen and oxygen atoms in total. The monoisotopic (exact) mass is 553 g/mol. The first kappa shape index (κ1) is 29.6. The number of alkyl halides is 3. The van der Waals surface area contributed by atoms with Gasteiger partial charge in [-0.1, -0.05) is 0 Å². The zero-order valence-electron chi connectivity index (χ0n) is 19.2. The van der Waals surface area contributed by atoms with Gasteiger partial charge in [0.05, 0.1) is 11.5 Å². The van der Waals surface area contributed by atoms with E-state index in [2.05, 4.69) is 10.1 Å². The zero-order chi connectivity index (χ0) is 25.7. The van der Waals surface area contributed by atoms with Gasteiger partial charge in [0.1, 0.15) is 5.75 Å². The number of hydroxylamine groups is 1. The summed E-state index contributed by atoms with van der Waals surface area (Å²) in [4.78, 5) is 14.5. The van der Waals surface area contributed by atoms with E-state index in [0.29, 0.717) is 37.6 Å². The second-order valence-corrected chi connectivity index (χ2v) is 10.3. The van der Waals surface area contributed by atoms with Crippen molar-refractivity contribution in [1.29, 1.82) is 0 Å². The molecule has 0 aliphatic carbocycles. The number of carbonyl (C=O) groups excluding carboxylic acids is 1. The smallest absolute Gasteiger partial charge is 0.406 e. The number of amides is 1. The molecule has 0 radical (unpaired) electrons. The van der Waals surface area contributed by atoms with Crippen LogP contribution in [0.3, 0.4) is 0 Å². The lowest BCUT2D eigenvalue weighted by molar-refractivity contribution is -0.274. The third kappa shape index (κ3) is 6.79. The predicted molar refractivity (Wildman–Crippen MR) is 127 cm³/mol. The molecular formula is C22H27ClF3N3O6S. The Hall–Kier alpha value is -2.58. The molecule has 3 N–H and O–H groups in total. The minimum Gasteiger partial charge on any atom is -0.406 e. The number of sulfone groups is 1. The van der Waals surface area contributed by atoms with Crippen LogP contribution in [-0.2, 0) is 19.4 Å². The second-order valence-electron chi connectivity index (χ2n) is 7.99. The molecule has 0 aromatic heterocycles. The lowest BCUT2D eigenvalue weighted by Crippen LogP contribution is -2.58. The average molecular weight is 554 g/mol. The summed E-state index contributed by atoms with van der Waals surface area (Å²) in [6.07, 6.45) is -4.79. The van der Waals surface area contributed by atoms with Crippen molar-refractivity contribution in [2.45, 2.75) is 28.8 Å². The fourth-order valence-electron chi connectivity index (χ4n) is 3.93. The number of rotatable bonds is 9. The molecule has 1 heterocycles. The van der Waals surface area contributed by atoms with Gasteiger partial charge in [0.25, 0.3) is 5.91 Å². The number of nitrogens with one attached hydrogen (secondary N) is 2. The summed E-state index contributed by atoms with van der Waals surface area (Å²) in [6, 6.07) is 10.7. The fraction of sp³-hybridized carbons (Fsp3) is 0.409. The molecule has 1 aliphatic heterocycles. The minimum absolute atomic E-state index is 0. The number of benzene rings is 2. The molecule has 2 aromatic rings. The van der Waals surface area contributed by atoms with Crippen molar-refractivity contribution in [3.05, 3.63) is 48.5 Å². The van der Waals surface area contributed by atoms with Crippen LogP contribution in [0.15, 0.2) is 53.4 Å². The number of anilines is 2. The van der Waals surface area contributed by atoms with Gasteiger partial charge >= 0.3 is 6.36 Å². The van der Waals surface area contributed by atoms with E-state index in [1.165, 1.54) is 41.9 Å². The average Bonchev–Trinajstić information content (AvgIpc) is 2.83. The molecule has 0 atom stereocenters. The Labute approximate surface area is 212 Å². The Morgan fingerprint density at radius 2 is 1.58 bits per heavy atom. The van der Waals surface area contributed by atoms with E-state index >= 15 is 0 Å². The normalized spacial score (nSPS) is 16.0. The molecular weight excluding hydrogens is 527 g/mol. The molecule has 14 heteroatoms. The van der Waals surface area contributed by atoms with E-state index in [1.54, 1.807) is 7.11 Å². The number of carbonyl (C=O) groups is 1. The molecule has 1 saturated heterocycles. The summed E-state index contributed by atoms with van der Waals surface area (Å²) in [5.41, 5.74) is 2.45. The van der Waals surface area contributed by atoms with Gasteiger partial charge in [0.15, 0.2) is 14.6 Å². The van der Waals surface area contributed by atoms with Crippen molar-refractivity contribution in [3.8, 4) is 5.75 Å². The lowest BCUT2D eigenvalue weighted by atomic mass is 9.95. The molecule has 2 aromatic carbocycles. The van der Waals surface area contributed by atoms with Crippen molar-refractivity contribution >= 4 is 39.5 Å². The van der Waals surface area contributed by atoms with E-state index in [0.717, 1.165) is 12.1 Å². The maximum absolute atomic E-state index is 13.5. The first-order chi connectivity index (χ1) is 16.5. The molecule has 1 fully saturated rings. The summed E-state index contributed by atoms with van der Waals surface area (Å²) < 4.78 is 70.9. The summed E-state index contributed by atoms with van der Waals surface area (Å²) >= 11 is 0. The number of likely N-dealkylation sites (tertiary alicyclic amines) is 1. The molecule has 1 aliphatic rings. The Morgan fingerprint density at radius 1 is 1.06 bits per heavy atom. The predicted octanol–water partition coefficient (Wildman–Crippen LogP) is 3.51. The second kappa shape index (κ2) is 12.1. The van der Waals surface area contributed by atoms with E-state index in [9.17, 15) is 31.6 Å². The Bertz CT molecular complexity index is 1110. The molecule has 1 amide bonds. The van der Waals surface area contributed by atoms with Gasteiger partial charge in [0, 0.05) is 38.1 Å². The topological polar surface area (TPSA) is 117 Å². The van der Waals surface area contributed by atoms with Crippen molar-refractivity contribution in [1.82, 2.24) is 10.4 Å². The maximum atomic E-state index is 13.5. The van der Waals surface area contributed by atoms with Crippen LogP contribution in [0.5, 0.6) is 5.75 Å². The summed E-state index contributed by atoms with van der Waals surface area (Å²) in [5.74, 6) is -1.35. The molecule has 3 rings (SSSR count). The van der Waals surface area contributed by atoms with E-state index < -0.39 is 26.9 Å². The van der Waals surface area contributed by atoms with Crippen LogP contribution in [0.2, 0.25) is 0 Å². The van der Waals surface area contributed by atoms with Crippen LogP contribution in [0.1, 0.15) is 12.8 Å². The number of methoxy groups -OCH3 is 1. The third-order valence-corrected chi connectivity index (χ3v) is 8.36. The standard InChI is InChI=1S/C22H26F3N3O6S.ClH/c1-33-15-14-28-12-10-21(11-13-28,20(29)27-30)35(31,32)19-8-4-17(5-9-19)26-16-2-6-18(7-3-16)34-22(23,24)25;/h2-9,26,30H,10-15H2,1H3,(H,27,29);1H. The van der Waals surface area contributed by atoms with E-state index in [-0.39, 0.29) is 35.9 Å². The number of hydrogen-bond acceptors (Lipinski definition) is 8. The van der Waals surface area contributed by atoms with Gasteiger partial charge < -0.3 is 19.7 Å². The van der Waals surface area contributed by atoms with Crippen LogP contribution in [0.4, 0.5) is 24.5 Å². The minimum atomic E-state index is -4.79. The summed E-state index contributed by atoms with van der Waals surface area (Å²) in [7, 11) is -2.61. The van der Waals surface area contributed by atoms with Crippen LogP contribution < -0.4 is 15.5 Å². The highest BCUT2D eigenvalue weighted by Crippen LogP contribution is 2.36. The van der Waals surface area contributed by atoms with Crippen molar-refractivity contribution in [2.24, 2.45) is 0 Å². The van der Waals surface area contributed by atoms with Gasteiger partial charge in [-0.2, -0.15) is 0 Å².